The molecule has 1 aromatic rings. The third-order valence-corrected chi connectivity index (χ3v) is 3.83. The zero-order valence-corrected chi connectivity index (χ0v) is 9.78. The third-order valence-electron chi connectivity index (χ3n) is 3.83. The monoisotopic (exact) mass is 228 g/mol. The number of nitrogens with one attached hydrogen (secondary N) is 1. The predicted octanol–water partition coefficient (Wildman–Crippen LogP) is 1.90. The Bertz CT molecular complexity index is 454. The number of benzene rings is 1. The Morgan fingerprint density at radius 2 is 2.00 bits per heavy atom. The van der Waals surface area contributed by atoms with E-state index in [4.69, 9.17) is 4.74 Å². The summed E-state index contributed by atoms with van der Waals surface area (Å²) in [6, 6.07) is 10.8. The number of nitrogens with zero attached hydrogens (tertiary/aromatic N) is 1. The minimum Gasteiger partial charge on any atom is -0.368 e. The second-order valence-corrected chi connectivity index (χ2v) is 4.85. The molecule has 2 fully saturated rings. The van der Waals surface area contributed by atoms with E-state index in [1.165, 1.54) is 11.1 Å². The van der Waals surface area contributed by atoms with E-state index < -0.39 is 0 Å². The molecule has 1 atom stereocenters. The first-order valence-electron chi connectivity index (χ1n) is 6.19. The highest BCUT2D eigenvalue weighted by Gasteiger charge is 2.39. The van der Waals surface area contributed by atoms with Crippen LogP contribution in [-0.2, 0) is 10.2 Å². The van der Waals surface area contributed by atoms with E-state index in [0.717, 1.165) is 32.5 Å². The number of hydrogen-bond donors (Lipinski definition) is 1. The molecule has 3 heteroatoms. The van der Waals surface area contributed by atoms with Crippen molar-refractivity contribution in [3.05, 3.63) is 35.4 Å². The van der Waals surface area contributed by atoms with Crippen LogP contribution in [0.25, 0.3) is 0 Å². The zero-order valence-electron chi connectivity index (χ0n) is 9.78. The predicted molar refractivity (Wildman–Crippen MR) is 64.5 cm³/mol. The van der Waals surface area contributed by atoms with Gasteiger partial charge in [-0.1, -0.05) is 24.3 Å². The highest BCUT2D eigenvalue weighted by Crippen LogP contribution is 2.41. The van der Waals surface area contributed by atoms with Gasteiger partial charge in [0, 0.05) is 0 Å². The van der Waals surface area contributed by atoms with Gasteiger partial charge >= 0.3 is 0 Å². The van der Waals surface area contributed by atoms with Gasteiger partial charge in [-0.3, -0.25) is 0 Å². The fraction of sp³-hybridized carbons (Fsp3) is 0.500. The van der Waals surface area contributed by atoms with Gasteiger partial charge in [0.25, 0.3) is 0 Å². The normalized spacial score (nSPS) is 26.2. The number of ether oxygens (including phenoxy) is 1. The molecular formula is C14H16N2O. The van der Waals surface area contributed by atoms with Crippen LogP contribution in [0.3, 0.4) is 0 Å². The molecule has 0 bridgehead atoms. The molecule has 0 radical (unpaired) electrons. The molecule has 2 aliphatic rings. The quantitative estimate of drug-likeness (QED) is 0.786. The van der Waals surface area contributed by atoms with Gasteiger partial charge in [-0.15, -0.1) is 0 Å². The van der Waals surface area contributed by atoms with Gasteiger partial charge in [-0.2, -0.15) is 5.26 Å². The SMILES string of the molecule is N#CC1(c2ccccc2C2CO2)CCNCC1. The second-order valence-electron chi connectivity index (χ2n) is 4.85. The fourth-order valence-electron chi connectivity index (χ4n) is 2.74. The molecule has 1 unspecified atom stereocenters. The smallest absolute Gasteiger partial charge is 0.106 e. The van der Waals surface area contributed by atoms with Crippen LogP contribution in [0.1, 0.15) is 30.1 Å². The summed E-state index contributed by atoms with van der Waals surface area (Å²) in [6.07, 6.45) is 2.02. The summed E-state index contributed by atoms with van der Waals surface area (Å²) in [6.45, 7) is 2.65. The Labute approximate surface area is 101 Å². The number of rotatable bonds is 2. The number of nitriles is 1. The van der Waals surface area contributed by atoms with Crippen LogP contribution < -0.4 is 5.32 Å². The van der Waals surface area contributed by atoms with Crippen molar-refractivity contribution in [2.24, 2.45) is 0 Å². The molecule has 2 saturated heterocycles. The summed E-state index contributed by atoms with van der Waals surface area (Å²) in [5.74, 6) is 0. The lowest BCUT2D eigenvalue weighted by Gasteiger charge is -2.33. The Hall–Kier alpha value is -1.37. The van der Waals surface area contributed by atoms with Crippen molar-refractivity contribution >= 4 is 0 Å². The first-order chi connectivity index (χ1) is 8.36. The molecule has 2 aliphatic heterocycles. The maximum atomic E-state index is 9.60. The number of epoxide rings is 1. The molecule has 88 valence electrons. The van der Waals surface area contributed by atoms with Gasteiger partial charge in [0.15, 0.2) is 0 Å². The van der Waals surface area contributed by atoms with E-state index >= 15 is 0 Å². The molecule has 1 aromatic carbocycles. The summed E-state index contributed by atoms with van der Waals surface area (Å²) >= 11 is 0. The topological polar surface area (TPSA) is 48.4 Å². The average Bonchev–Trinajstić information content (AvgIpc) is 3.24. The van der Waals surface area contributed by atoms with Gasteiger partial charge in [0.2, 0.25) is 0 Å². The molecule has 0 aromatic heterocycles. The molecular weight excluding hydrogens is 212 g/mol. The van der Waals surface area contributed by atoms with Crippen molar-refractivity contribution in [3.8, 4) is 6.07 Å². The highest BCUT2D eigenvalue weighted by atomic mass is 16.6. The minimum absolute atomic E-state index is 0.228. The molecule has 3 rings (SSSR count). The van der Waals surface area contributed by atoms with Crippen LogP contribution in [0.2, 0.25) is 0 Å². The summed E-state index contributed by atoms with van der Waals surface area (Å²) in [4.78, 5) is 0. The minimum atomic E-state index is -0.312. The van der Waals surface area contributed by atoms with Crippen molar-refractivity contribution < 1.29 is 4.74 Å². The van der Waals surface area contributed by atoms with Crippen LogP contribution in [-0.4, -0.2) is 19.7 Å². The van der Waals surface area contributed by atoms with Crippen LogP contribution in [0, 0.1) is 11.3 Å². The van der Waals surface area contributed by atoms with E-state index in [2.05, 4.69) is 23.5 Å². The first-order valence-corrected chi connectivity index (χ1v) is 6.19. The number of hydrogen-bond acceptors (Lipinski definition) is 3. The Morgan fingerprint density at radius 1 is 1.29 bits per heavy atom. The van der Waals surface area contributed by atoms with E-state index in [9.17, 15) is 5.26 Å². The summed E-state index contributed by atoms with van der Waals surface area (Å²) in [5.41, 5.74) is 2.09. The Morgan fingerprint density at radius 3 is 2.65 bits per heavy atom. The van der Waals surface area contributed by atoms with Crippen molar-refractivity contribution in [1.29, 1.82) is 5.26 Å². The van der Waals surface area contributed by atoms with Gasteiger partial charge in [-0.25, -0.2) is 0 Å². The molecule has 3 nitrogen and oxygen atoms in total. The van der Waals surface area contributed by atoms with Gasteiger partial charge in [-0.05, 0) is 37.1 Å². The van der Waals surface area contributed by atoms with Gasteiger partial charge in [0.05, 0.1) is 18.1 Å². The average molecular weight is 228 g/mol. The molecule has 0 amide bonds. The lowest BCUT2D eigenvalue weighted by molar-refractivity contribution is 0.371. The Balaban J connectivity index is 2.04. The maximum Gasteiger partial charge on any atom is 0.106 e. The summed E-state index contributed by atoms with van der Waals surface area (Å²) in [7, 11) is 0. The van der Waals surface area contributed by atoms with E-state index in [1.807, 2.05) is 12.1 Å². The lowest BCUT2D eigenvalue weighted by Crippen LogP contribution is -2.39. The second kappa shape index (κ2) is 4.14. The van der Waals surface area contributed by atoms with Crippen LogP contribution in [0.15, 0.2) is 24.3 Å². The van der Waals surface area contributed by atoms with Crippen molar-refractivity contribution in [2.45, 2.75) is 24.4 Å². The van der Waals surface area contributed by atoms with Crippen molar-refractivity contribution in [1.82, 2.24) is 5.32 Å². The van der Waals surface area contributed by atoms with Crippen LogP contribution in [0.4, 0.5) is 0 Å². The van der Waals surface area contributed by atoms with E-state index in [-0.39, 0.29) is 11.5 Å². The lowest BCUT2D eigenvalue weighted by atomic mass is 9.72. The van der Waals surface area contributed by atoms with Gasteiger partial charge < -0.3 is 10.1 Å². The zero-order chi connectivity index (χ0) is 11.7. The van der Waals surface area contributed by atoms with Crippen molar-refractivity contribution in [2.75, 3.05) is 19.7 Å². The van der Waals surface area contributed by atoms with E-state index in [1.54, 1.807) is 0 Å². The molecule has 0 saturated carbocycles. The largest absolute Gasteiger partial charge is 0.368 e. The molecule has 2 heterocycles. The molecule has 17 heavy (non-hydrogen) atoms. The highest BCUT2D eigenvalue weighted by molar-refractivity contribution is 5.42. The molecule has 0 aliphatic carbocycles. The maximum absolute atomic E-state index is 9.60. The molecule has 1 N–H and O–H groups in total. The first kappa shape index (κ1) is 10.8. The third kappa shape index (κ3) is 1.84. The standard InChI is InChI=1S/C14H16N2O/c15-10-14(5-7-16-8-6-14)12-4-2-1-3-11(12)13-9-17-13/h1-4,13,16H,5-9H2. The van der Waals surface area contributed by atoms with E-state index in [0.29, 0.717) is 0 Å². The fourth-order valence-corrected chi connectivity index (χ4v) is 2.74. The van der Waals surface area contributed by atoms with Gasteiger partial charge in [0.1, 0.15) is 6.10 Å². The summed E-state index contributed by atoms with van der Waals surface area (Å²) in [5, 5.41) is 12.9. The summed E-state index contributed by atoms with van der Waals surface area (Å²) < 4.78 is 5.39. The van der Waals surface area contributed by atoms with Crippen LogP contribution in [0.5, 0.6) is 0 Å². The number of piperidine rings is 1. The Kier molecular flexibility index (Phi) is 2.62. The molecule has 0 spiro atoms. The van der Waals surface area contributed by atoms with Crippen LogP contribution >= 0.6 is 0 Å². The van der Waals surface area contributed by atoms with Crippen molar-refractivity contribution in [3.63, 3.8) is 0 Å².